The molecule has 0 aliphatic carbocycles. The van der Waals surface area contributed by atoms with Crippen LogP contribution in [0.1, 0.15) is 23.1 Å². The van der Waals surface area contributed by atoms with Gasteiger partial charge in [0.05, 0.1) is 24.5 Å². The first kappa shape index (κ1) is 17.5. The molecule has 0 bridgehead atoms. The first-order chi connectivity index (χ1) is 13.1. The van der Waals surface area contributed by atoms with Gasteiger partial charge >= 0.3 is 0 Å². The number of hydrogen-bond donors (Lipinski definition) is 0. The van der Waals surface area contributed by atoms with Crippen LogP contribution in [0.25, 0.3) is 0 Å². The topological polar surface area (TPSA) is 49.1 Å². The van der Waals surface area contributed by atoms with Gasteiger partial charge in [0.25, 0.3) is 5.91 Å². The van der Waals surface area contributed by atoms with Crippen molar-refractivity contribution in [1.29, 1.82) is 0 Å². The van der Waals surface area contributed by atoms with E-state index in [1.165, 1.54) is 11.1 Å². The highest BCUT2D eigenvalue weighted by Crippen LogP contribution is 2.35. The van der Waals surface area contributed by atoms with Crippen molar-refractivity contribution in [3.05, 3.63) is 76.6 Å². The zero-order valence-electron chi connectivity index (χ0n) is 14.7. The van der Waals surface area contributed by atoms with Crippen molar-refractivity contribution in [1.82, 2.24) is 5.01 Å². The summed E-state index contributed by atoms with van der Waals surface area (Å²) in [6.07, 6.45) is 2.18. The molecule has 1 unspecified atom stereocenters. The molecule has 2 aromatic heterocycles. The van der Waals surface area contributed by atoms with Gasteiger partial charge in [0.1, 0.15) is 17.3 Å². The fraction of sp³-hybridized carbons (Fsp3) is 0.200. The lowest BCUT2D eigenvalue weighted by Crippen LogP contribution is -2.36. The Morgan fingerprint density at radius 2 is 2.15 bits per heavy atom. The normalized spacial score (nSPS) is 16.4. The smallest absolute Gasteiger partial charge is 0.262 e. The molecule has 3 aromatic rings. The van der Waals surface area contributed by atoms with Crippen LogP contribution in [0.2, 0.25) is 0 Å². The van der Waals surface area contributed by atoms with Crippen molar-refractivity contribution < 1.29 is 13.6 Å². The fourth-order valence-electron chi connectivity index (χ4n) is 3.16. The van der Waals surface area contributed by atoms with Gasteiger partial charge in [-0.3, -0.25) is 4.79 Å². The van der Waals surface area contributed by atoms with Crippen LogP contribution in [0.3, 0.4) is 0 Å². The first-order valence-electron chi connectivity index (χ1n) is 8.56. The predicted octanol–water partition coefficient (Wildman–Crippen LogP) is 4.29. The number of furan rings is 1. The van der Waals surface area contributed by atoms with E-state index >= 15 is 0 Å². The Kier molecular flexibility index (Phi) is 4.77. The molecule has 3 heterocycles. The van der Waals surface area contributed by atoms with E-state index in [1.807, 2.05) is 23.6 Å². The van der Waals surface area contributed by atoms with Gasteiger partial charge in [-0.05, 0) is 35.7 Å². The molecule has 0 fully saturated rings. The number of carbonyl (C=O) groups excluding carboxylic acids is 1. The Hall–Kier alpha value is -2.93. The van der Waals surface area contributed by atoms with E-state index < -0.39 is 0 Å². The van der Waals surface area contributed by atoms with Crippen molar-refractivity contribution in [2.75, 3.05) is 18.5 Å². The average Bonchev–Trinajstić information content (AvgIpc) is 3.41. The van der Waals surface area contributed by atoms with Gasteiger partial charge in [-0.1, -0.05) is 18.2 Å². The molecule has 7 heteroatoms. The van der Waals surface area contributed by atoms with Crippen LogP contribution < -0.4 is 4.90 Å². The number of hydrazone groups is 1. The maximum Gasteiger partial charge on any atom is 0.262 e. The van der Waals surface area contributed by atoms with Crippen molar-refractivity contribution >= 4 is 28.6 Å². The highest BCUT2D eigenvalue weighted by Gasteiger charge is 2.35. The Labute approximate surface area is 160 Å². The molecule has 0 N–H and O–H groups in total. The number of rotatable bonds is 5. The Morgan fingerprint density at radius 3 is 2.85 bits per heavy atom. The summed E-state index contributed by atoms with van der Waals surface area (Å²) in [7, 11) is 1.70. The standard InChI is InChI=1S/C20H18FN3O2S/c1-23(16-7-3-2-6-14(16)21)13-20(25)24-17(19-9-5-11-27-19)12-15(22-24)18-8-4-10-26-18/h2-11,17H,12-13H2,1H3. The second-order valence-corrected chi connectivity index (χ2v) is 7.28. The number of hydrogen-bond acceptors (Lipinski definition) is 5. The van der Waals surface area contributed by atoms with Crippen LogP contribution in [0, 0.1) is 5.82 Å². The summed E-state index contributed by atoms with van der Waals surface area (Å²) in [6.45, 7) is 0.0255. The van der Waals surface area contributed by atoms with Gasteiger partial charge in [0.15, 0.2) is 0 Å². The van der Waals surface area contributed by atoms with Crippen molar-refractivity contribution in [3.8, 4) is 0 Å². The zero-order chi connectivity index (χ0) is 18.8. The Balaban J connectivity index is 1.58. The molecule has 1 aliphatic rings. The largest absolute Gasteiger partial charge is 0.463 e. The second kappa shape index (κ2) is 7.36. The SMILES string of the molecule is CN(CC(=O)N1N=C(c2ccco2)CC1c1cccs1)c1ccccc1F. The van der Waals surface area contributed by atoms with Gasteiger partial charge in [-0.25, -0.2) is 9.40 Å². The van der Waals surface area contributed by atoms with Crippen molar-refractivity contribution in [3.63, 3.8) is 0 Å². The van der Waals surface area contributed by atoms with Gasteiger partial charge in [-0.2, -0.15) is 5.10 Å². The second-order valence-electron chi connectivity index (χ2n) is 6.31. The lowest BCUT2D eigenvalue weighted by Gasteiger charge is -2.25. The monoisotopic (exact) mass is 383 g/mol. The molecule has 1 amide bonds. The molecule has 0 radical (unpaired) electrons. The number of halogens is 1. The molecular formula is C20H18FN3O2S. The summed E-state index contributed by atoms with van der Waals surface area (Å²) in [5, 5.41) is 8.01. The summed E-state index contributed by atoms with van der Waals surface area (Å²) in [5.74, 6) is 0.110. The number of likely N-dealkylation sites (N-methyl/N-ethyl adjacent to an activating group) is 1. The first-order valence-corrected chi connectivity index (χ1v) is 9.44. The van der Waals surface area contributed by atoms with Crippen LogP contribution in [0.4, 0.5) is 10.1 Å². The van der Waals surface area contributed by atoms with E-state index in [0.717, 1.165) is 10.6 Å². The average molecular weight is 383 g/mol. The van der Waals surface area contributed by atoms with Gasteiger partial charge < -0.3 is 9.32 Å². The van der Waals surface area contributed by atoms with Crippen LogP contribution in [0.15, 0.2) is 69.7 Å². The Morgan fingerprint density at radius 1 is 1.30 bits per heavy atom. The molecular weight excluding hydrogens is 365 g/mol. The quantitative estimate of drug-likeness (QED) is 0.660. The number of benzene rings is 1. The van der Waals surface area contributed by atoms with E-state index in [4.69, 9.17) is 4.42 Å². The third kappa shape index (κ3) is 3.50. The van der Waals surface area contributed by atoms with Crippen LogP contribution >= 0.6 is 11.3 Å². The highest BCUT2D eigenvalue weighted by atomic mass is 32.1. The van der Waals surface area contributed by atoms with Gasteiger partial charge in [0, 0.05) is 18.3 Å². The molecule has 1 aliphatic heterocycles. The van der Waals surface area contributed by atoms with Crippen molar-refractivity contribution in [2.24, 2.45) is 5.10 Å². The number of carbonyl (C=O) groups is 1. The highest BCUT2D eigenvalue weighted by molar-refractivity contribution is 7.10. The van der Waals surface area contributed by atoms with E-state index in [-0.39, 0.29) is 24.3 Å². The molecule has 5 nitrogen and oxygen atoms in total. The van der Waals surface area contributed by atoms with E-state index in [2.05, 4.69) is 5.10 Å². The molecule has 1 atom stereocenters. The Bertz CT molecular complexity index is 954. The lowest BCUT2D eigenvalue weighted by atomic mass is 10.1. The zero-order valence-corrected chi connectivity index (χ0v) is 15.5. The number of anilines is 1. The maximum absolute atomic E-state index is 14.0. The van der Waals surface area contributed by atoms with Crippen LogP contribution in [-0.2, 0) is 4.79 Å². The van der Waals surface area contributed by atoms with E-state index in [0.29, 0.717) is 17.9 Å². The number of nitrogens with zero attached hydrogens (tertiary/aromatic N) is 3. The molecule has 0 saturated heterocycles. The maximum atomic E-state index is 14.0. The lowest BCUT2D eigenvalue weighted by molar-refractivity contribution is -0.131. The number of thiophene rings is 1. The van der Waals surface area contributed by atoms with Crippen LogP contribution in [0.5, 0.6) is 0 Å². The van der Waals surface area contributed by atoms with Gasteiger partial charge in [-0.15, -0.1) is 11.3 Å². The third-order valence-corrected chi connectivity index (χ3v) is 5.45. The molecule has 138 valence electrons. The van der Waals surface area contributed by atoms with E-state index in [1.54, 1.807) is 53.8 Å². The number of para-hydroxylation sites is 1. The summed E-state index contributed by atoms with van der Waals surface area (Å²) >= 11 is 1.59. The summed E-state index contributed by atoms with van der Waals surface area (Å²) in [5.41, 5.74) is 1.12. The summed E-state index contributed by atoms with van der Waals surface area (Å²) in [4.78, 5) is 15.6. The van der Waals surface area contributed by atoms with Crippen molar-refractivity contribution in [2.45, 2.75) is 12.5 Å². The minimum Gasteiger partial charge on any atom is -0.463 e. The third-order valence-electron chi connectivity index (χ3n) is 4.48. The number of amides is 1. The summed E-state index contributed by atoms with van der Waals surface area (Å²) < 4.78 is 19.5. The van der Waals surface area contributed by atoms with Crippen LogP contribution in [-0.4, -0.2) is 30.2 Å². The molecule has 0 spiro atoms. The predicted molar refractivity (Wildman–Crippen MR) is 103 cm³/mol. The minimum atomic E-state index is -0.358. The molecule has 0 saturated carbocycles. The minimum absolute atomic E-state index is 0.0255. The molecule has 4 rings (SSSR count). The molecule has 27 heavy (non-hydrogen) atoms. The van der Waals surface area contributed by atoms with Gasteiger partial charge in [0.2, 0.25) is 0 Å². The van der Waals surface area contributed by atoms with E-state index in [9.17, 15) is 9.18 Å². The molecule has 1 aromatic carbocycles. The summed E-state index contributed by atoms with van der Waals surface area (Å²) in [6, 6.07) is 13.8. The fourth-order valence-corrected chi connectivity index (χ4v) is 3.97.